The summed E-state index contributed by atoms with van der Waals surface area (Å²) < 4.78 is 10.6. The number of benzene rings is 1. The van der Waals surface area contributed by atoms with E-state index in [0.29, 0.717) is 29.3 Å². The largest absolute Gasteiger partial charge is 0.493 e. The second-order valence-electron chi connectivity index (χ2n) is 7.01. The Morgan fingerprint density at radius 2 is 1.90 bits per heavy atom. The van der Waals surface area contributed by atoms with E-state index in [1.54, 1.807) is 32.2 Å². The topological polar surface area (TPSA) is 67.9 Å². The molecule has 158 valence electrons. The van der Waals surface area contributed by atoms with E-state index in [2.05, 4.69) is 5.32 Å². The van der Waals surface area contributed by atoms with Gasteiger partial charge < -0.3 is 19.7 Å². The lowest BCUT2D eigenvalue weighted by molar-refractivity contribution is -0.133. The summed E-state index contributed by atoms with van der Waals surface area (Å²) in [5.74, 6) is 1.10. The fourth-order valence-corrected chi connectivity index (χ4v) is 3.61. The van der Waals surface area contributed by atoms with Gasteiger partial charge in [0.1, 0.15) is 6.04 Å². The zero-order valence-corrected chi connectivity index (χ0v) is 18.5. The van der Waals surface area contributed by atoms with Gasteiger partial charge in [-0.2, -0.15) is 0 Å². The predicted octanol–water partition coefficient (Wildman–Crippen LogP) is 3.61. The van der Waals surface area contributed by atoms with E-state index in [4.69, 9.17) is 9.47 Å². The van der Waals surface area contributed by atoms with Crippen molar-refractivity contribution in [2.75, 3.05) is 27.8 Å². The zero-order valence-electron chi connectivity index (χ0n) is 17.7. The molecule has 29 heavy (non-hydrogen) atoms. The summed E-state index contributed by atoms with van der Waals surface area (Å²) in [7, 11) is 4.98. The van der Waals surface area contributed by atoms with Crippen LogP contribution < -0.4 is 14.8 Å². The number of carbonyl (C=O) groups excluding carboxylic acids is 2. The lowest BCUT2D eigenvalue weighted by atomic mass is 9.97. The number of amides is 2. The minimum atomic E-state index is -0.551. The first-order valence-corrected chi connectivity index (χ1v) is 10.6. The molecule has 6 nitrogen and oxygen atoms in total. The first kappa shape index (κ1) is 22.7. The van der Waals surface area contributed by atoms with Gasteiger partial charge in [-0.05, 0) is 41.5 Å². The van der Waals surface area contributed by atoms with Crippen molar-refractivity contribution in [3.8, 4) is 11.5 Å². The minimum Gasteiger partial charge on any atom is -0.493 e. The molecule has 2 aromatic rings. The van der Waals surface area contributed by atoms with Gasteiger partial charge in [0, 0.05) is 13.6 Å². The molecule has 2 atom stereocenters. The van der Waals surface area contributed by atoms with Crippen LogP contribution in [0.15, 0.2) is 35.7 Å². The van der Waals surface area contributed by atoms with Crippen molar-refractivity contribution >= 4 is 23.2 Å². The molecule has 0 bridgehead atoms. The number of thiophene rings is 1. The van der Waals surface area contributed by atoms with Crippen LogP contribution >= 0.6 is 11.3 Å². The number of rotatable bonds is 10. The second kappa shape index (κ2) is 10.9. The van der Waals surface area contributed by atoms with Gasteiger partial charge in [-0.25, -0.2) is 0 Å². The van der Waals surface area contributed by atoms with Gasteiger partial charge in [-0.15, -0.1) is 11.3 Å². The van der Waals surface area contributed by atoms with Gasteiger partial charge in [0.15, 0.2) is 11.5 Å². The molecule has 0 fully saturated rings. The third-order valence-corrected chi connectivity index (χ3v) is 5.94. The number of ether oxygens (including phenoxy) is 2. The summed E-state index contributed by atoms with van der Waals surface area (Å²) in [5.41, 5.74) is 1.05. The van der Waals surface area contributed by atoms with Gasteiger partial charge in [-0.1, -0.05) is 32.4 Å². The Balaban J connectivity index is 2.03. The SMILES string of the molecule is CCC(C)C(NC(=O)c1cccs1)C(=O)N(C)CCc1ccc(OC)c(OC)c1. The van der Waals surface area contributed by atoms with Gasteiger partial charge >= 0.3 is 0 Å². The Kier molecular flexibility index (Phi) is 8.51. The van der Waals surface area contributed by atoms with Gasteiger partial charge in [-0.3, -0.25) is 9.59 Å². The molecule has 2 amide bonds. The Hall–Kier alpha value is -2.54. The summed E-state index contributed by atoms with van der Waals surface area (Å²) in [5, 5.41) is 4.78. The highest BCUT2D eigenvalue weighted by atomic mass is 32.1. The van der Waals surface area contributed by atoms with Crippen LogP contribution in [0.3, 0.4) is 0 Å². The van der Waals surface area contributed by atoms with E-state index in [1.165, 1.54) is 11.3 Å². The number of nitrogens with one attached hydrogen (secondary N) is 1. The standard InChI is InChI=1S/C22H30N2O4S/c1-6-15(2)20(23-21(25)19-8-7-13-29-19)22(26)24(3)12-11-16-9-10-17(27-4)18(14-16)28-5/h7-10,13-15,20H,6,11-12H2,1-5H3,(H,23,25). The number of hydrogen-bond donors (Lipinski definition) is 1. The molecule has 0 radical (unpaired) electrons. The molecule has 1 heterocycles. The van der Waals surface area contributed by atoms with Crippen LogP contribution in [0.4, 0.5) is 0 Å². The molecule has 1 N–H and O–H groups in total. The van der Waals surface area contributed by atoms with Gasteiger partial charge in [0.2, 0.25) is 5.91 Å². The maximum absolute atomic E-state index is 13.1. The summed E-state index contributed by atoms with van der Waals surface area (Å²) in [6.45, 7) is 4.54. The summed E-state index contributed by atoms with van der Waals surface area (Å²) in [6, 6.07) is 8.78. The first-order valence-electron chi connectivity index (χ1n) is 9.71. The third kappa shape index (κ3) is 5.97. The molecule has 0 aliphatic carbocycles. The van der Waals surface area contributed by atoms with Crippen LogP contribution in [-0.2, 0) is 11.2 Å². The third-order valence-electron chi connectivity index (χ3n) is 5.07. The number of likely N-dealkylation sites (N-methyl/N-ethyl adjacent to an activating group) is 1. The maximum Gasteiger partial charge on any atom is 0.262 e. The smallest absolute Gasteiger partial charge is 0.262 e. The van der Waals surface area contributed by atoms with Crippen molar-refractivity contribution in [2.24, 2.45) is 5.92 Å². The van der Waals surface area contributed by atoms with E-state index in [0.717, 1.165) is 12.0 Å². The molecule has 0 aliphatic heterocycles. The molecule has 0 aliphatic rings. The monoisotopic (exact) mass is 418 g/mol. The van der Waals surface area contributed by atoms with Crippen LogP contribution in [0.2, 0.25) is 0 Å². The Labute approximate surface area is 176 Å². The molecule has 7 heteroatoms. The van der Waals surface area contributed by atoms with E-state index >= 15 is 0 Å². The van der Waals surface area contributed by atoms with Crippen molar-refractivity contribution in [3.05, 3.63) is 46.2 Å². The van der Waals surface area contributed by atoms with Gasteiger partial charge in [0.05, 0.1) is 19.1 Å². The molecule has 1 aromatic heterocycles. The molecule has 0 spiro atoms. The molecule has 2 rings (SSSR count). The molecule has 1 aromatic carbocycles. The van der Waals surface area contributed by atoms with E-state index in [9.17, 15) is 9.59 Å². The number of carbonyl (C=O) groups is 2. The number of methoxy groups -OCH3 is 2. The quantitative estimate of drug-likeness (QED) is 0.640. The first-order chi connectivity index (χ1) is 13.9. The minimum absolute atomic E-state index is 0.0370. The summed E-state index contributed by atoms with van der Waals surface area (Å²) in [6.07, 6.45) is 1.47. The lowest BCUT2D eigenvalue weighted by Crippen LogP contribution is -2.51. The molecular weight excluding hydrogens is 388 g/mol. The average Bonchev–Trinajstić information content (AvgIpc) is 3.29. The predicted molar refractivity (Wildman–Crippen MR) is 116 cm³/mol. The highest BCUT2D eigenvalue weighted by Crippen LogP contribution is 2.27. The van der Waals surface area contributed by atoms with Gasteiger partial charge in [0.25, 0.3) is 5.91 Å². The summed E-state index contributed by atoms with van der Waals surface area (Å²) in [4.78, 5) is 27.8. The highest BCUT2D eigenvalue weighted by Gasteiger charge is 2.29. The maximum atomic E-state index is 13.1. The Morgan fingerprint density at radius 1 is 1.17 bits per heavy atom. The normalized spacial score (nSPS) is 12.7. The molecular formula is C22H30N2O4S. The molecule has 2 unspecified atom stereocenters. The lowest BCUT2D eigenvalue weighted by Gasteiger charge is -2.28. The van der Waals surface area contributed by atoms with Crippen LogP contribution in [-0.4, -0.2) is 50.6 Å². The average molecular weight is 419 g/mol. The van der Waals surface area contributed by atoms with Crippen LogP contribution in [0.5, 0.6) is 11.5 Å². The van der Waals surface area contributed by atoms with E-state index < -0.39 is 6.04 Å². The van der Waals surface area contributed by atoms with Crippen molar-refractivity contribution in [3.63, 3.8) is 0 Å². The molecule has 0 saturated carbocycles. The Bertz CT molecular complexity index is 807. The summed E-state index contributed by atoms with van der Waals surface area (Å²) >= 11 is 1.37. The van der Waals surface area contributed by atoms with Crippen molar-refractivity contribution in [1.29, 1.82) is 0 Å². The fourth-order valence-electron chi connectivity index (χ4n) is 2.98. The van der Waals surface area contributed by atoms with Crippen LogP contribution in [0.1, 0.15) is 35.5 Å². The zero-order chi connectivity index (χ0) is 21.4. The van der Waals surface area contributed by atoms with Crippen molar-refractivity contribution < 1.29 is 19.1 Å². The van der Waals surface area contributed by atoms with Crippen LogP contribution in [0.25, 0.3) is 0 Å². The van der Waals surface area contributed by atoms with Crippen LogP contribution in [0, 0.1) is 5.92 Å². The molecule has 0 saturated heterocycles. The van der Waals surface area contributed by atoms with Crippen molar-refractivity contribution in [1.82, 2.24) is 10.2 Å². The highest BCUT2D eigenvalue weighted by molar-refractivity contribution is 7.12. The second-order valence-corrected chi connectivity index (χ2v) is 7.96. The van der Waals surface area contributed by atoms with E-state index in [-0.39, 0.29) is 17.7 Å². The fraction of sp³-hybridized carbons (Fsp3) is 0.455. The van der Waals surface area contributed by atoms with E-state index in [1.807, 2.05) is 43.5 Å². The number of hydrogen-bond acceptors (Lipinski definition) is 5. The Morgan fingerprint density at radius 3 is 2.48 bits per heavy atom. The number of nitrogens with zero attached hydrogens (tertiary/aromatic N) is 1. The van der Waals surface area contributed by atoms with Crippen molar-refractivity contribution in [2.45, 2.75) is 32.7 Å².